The molecular weight excluding hydrogens is 368 g/mol. The molecule has 2 aromatic heterocycles. The summed E-state index contributed by atoms with van der Waals surface area (Å²) in [6.07, 6.45) is 3.41. The predicted octanol–water partition coefficient (Wildman–Crippen LogP) is 3.99. The van der Waals surface area contributed by atoms with Crippen LogP contribution < -0.4 is 15.0 Å². The molecule has 7 heteroatoms. The molecule has 1 atom stereocenters. The number of nitrogens with zero attached hydrogens (tertiary/aromatic N) is 3. The molecule has 3 heterocycles. The first-order valence-corrected chi connectivity index (χ1v) is 9.89. The van der Waals surface area contributed by atoms with E-state index in [-0.39, 0.29) is 11.8 Å². The zero-order valence-corrected chi connectivity index (χ0v) is 16.4. The minimum atomic E-state index is -0.0955. The third-order valence-electron chi connectivity index (χ3n) is 4.97. The molecule has 29 heavy (non-hydrogen) atoms. The molecule has 1 saturated heterocycles. The number of benzene rings is 1. The number of hydrogen-bond acceptors (Lipinski definition) is 6. The van der Waals surface area contributed by atoms with E-state index in [9.17, 15) is 4.79 Å². The molecule has 1 fully saturated rings. The number of anilines is 2. The average Bonchev–Trinajstić information content (AvgIpc) is 3.30. The molecule has 0 radical (unpaired) electrons. The maximum absolute atomic E-state index is 12.7. The topological polar surface area (TPSA) is 80.5 Å². The van der Waals surface area contributed by atoms with Crippen molar-refractivity contribution in [2.45, 2.75) is 19.8 Å². The first kappa shape index (κ1) is 19.0. The Bertz CT molecular complexity index is 924. The second-order valence-electron chi connectivity index (χ2n) is 6.99. The number of carbonyl (C=O) groups is 1. The number of hydrogen-bond donors (Lipinski definition) is 1. The second-order valence-corrected chi connectivity index (χ2v) is 6.99. The summed E-state index contributed by atoms with van der Waals surface area (Å²) in [4.78, 5) is 14.9. The van der Waals surface area contributed by atoms with Crippen LogP contribution in [0.25, 0.3) is 11.5 Å². The molecule has 3 aromatic rings. The molecule has 1 aliphatic heterocycles. The molecule has 0 aliphatic carbocycles. The van der Waals surface area contributed by atoms with Crippen molar-refractivity contribution in [3.63, 3.8) is 0 Å². The van der Waals surface area contributed by atoms with Gasteiger partial charge in [0.1, 0.15) is 11.4 Å². The van der Waals surface area contributed by atoms with E-state index in [4.69, 9.17) is 9.15 Å². The SMILES string of the molecule is CCOc1ccc(NC(=O)C2CCCN(c3ccc(-c4ccco4)nn3)C2)cc1. The van der Waals surface area contributed by atoms with E-state index in [1.807, 2.05) is 55.5 Å². The van der Waals surface area contributed by atoms with Gasteiger partial charge >= 0.3 is 0 Å². The normalized spacial score (nSPS) is 16.4. The quantitative estimate of drug-likeness (QED) is 0.683. The van der Waals surface area contributed by atoms with Gasteiger partial charge in [-0.05, 0) is 68.3 Å². The van der Waals surface area contributed by atoms with Crippen molar-refractivity contribution in [3.8, 4) is 17.2 Å². The van der Waals surface area contributed by atoms with Gasteiger partial charge in [0, 0.05) is 18.8 Å². The van der Waals surface area contributed by atoms with E-state index in [1.165, 1.54) is 0 Å². The lowest BCUT2D eigenvalue weighted by molar-refractivity contribution is -0.120. The van der Waals surface area contributed by atoms with Gasteiger partial charge in [-0.25, -0.2) is 0 Å². The van der Waals surface area contributed by atoms with Crippen molar-refractivity contribution in [2.75, 3.05) is 29.9 Å². The summed E-state index contributed by atoms with van der Waals surface area (Å²) < 4.78 is 10.8. The van der Waals surface area contributed by atoms with E-state index in [1.54, 1.807) is 6.26 Å². The Labute approximate surface area is 169 Å². The number of furan rings is 1. The van der Waals surface area contributed by atoms with Crippen LogP contribution in [0.5, 0.6) is 5.75 Å². The van der Waals surface area contributed by atoms with Crippen LogP contribution in [0.3, 0.4) is 0 Å². The van der Waals surface area contributed by atoms with Crippen LogP contribution >= 0.6 is 0 Å². The van der Waals surface area contributed by atoms with Gasteiger partial charge in [-0.15, -0.1) is 10.2 Å². The molecule has 0 spiro atoms. The fourth-order valence-corrected chi connectivity index (χ4v) is 3.49. The third-order valence-corrected chi connectivity index (χ3v) is 4.97. The predicted molar refractivity (Wildman–Crippen MR) is 111 cm³/mol. The van der Waals surface area contributed by atoms with Gasteiger partial charge < -0.3 is 19.4 Å². The highest BCUT2D eigenvalue weighted by Crippen LogP contribution is 2.25. The Kier molecular flexibility index (Phi) is 5.74. The summed E-state index contributed by atoms with van der Waals surface area (Å²) >= 11 is 0. The molecule has 1 aliphatic rings. The molecular formula is C22H24N4O3. The zero-order valence-electron chi connectivity index (χ0n) is 16.4. The summed E-state index contributed by atoms with van der Waals surface area (Å²) in [7, 11) is 0. The van der Waals surface area contributed by atoms with Crippen LogP contribution in [0.15, 0.2) is 59.2 Å². The highest BCUT2D eigenvalue weighted by atomic mass is 16.5. The molecule has 0 bridgehead atoms. The van der Waals surface area contributed by atoms with Crippen LogP contribution in [0.4, 0.5) is 11.5 Å². The number of piperidine rings is 1. The highest BCUT2D eigenvalue weighted by Gasteiger charge is 2.27. The number of amides is 1. The third kappa shape index (κ3) is 4.56. The van der Waals surface area contributed by atoms with Crippen LogP contribution in [0, 0.1) is 5.92 Å². The lowest BCUT2D eigenvalue weighted by atomic mass is 9.97. The average molecular weight is 392 g/mol. The molecule has 4 rings (SSSR count). The highest BCUT2D eigenvalue weighted by molar-refractivity contribution is 5.93. The summed E-state index contributed by atoms with van der Waals surface area (Å²) in [5.41, 5.74) is 1.47. The van der Waals surface area contributed by atoms with E-state index < -0.39 is 0 Å². The standard InChI is InChI=1S/C22H24N4O3/c1-2-28-18-9-7-17(8-10-18)23-22(27)16-5-3-13-26(15-16)21-12-11-19(24-25-21)20-6-4-14-29-20/h4,6-12,14,16H,2-3,5,13,15H2,1H3,(H,23,27). The van der Waals surface area contributed by atoms with Crippen molar-refractivity contribution in [1.82, 2.24) is 10.2 Å². The van der Waals surface area contributed by atoms with Crippen molar-refractivity contribution in [3.05, 3.63) is 54.8 Å². The van der Waals surface area contributed by atoms with Crippen molar-refractivity contribution < 1.29 is 13.9 Å². The fourth-order valence-electron chi connectivity index (χ4n) is 3.49. The maximum atomic E-state index is 12.7. The lowest BCUT2D eigenvalue weighted by Crippen LogP contribution is -2.41. The largest absolute Gasteiger partial charge is 0.494 e. The van der Waals surface area contributed by atoms with Gasteiger partial charge in [0.2, 0.25) is 5.91 Å². The number of nitrogens with one attached hydrogen (secondary N) is 1. The second kappa shape index (κ2) is 8.77. The van der Waals surface area contributed by atoms with Gasteiger partial charge in [0.05, 0.1) is 18.8 Å². The molecule has 0 saturated carbocycles. The number of aromatic nitrogens is 2. The summed E-state index contributed by atoms with van der Waals surface area (Å²) in [5.74, 6) is 2.20. The smallest absolute Gasteiger partial charge is 0.229 e. The van der Waals surface area contributed by atoms with Gasteiger partial charge in [-0.1, -0.05) is 0 Å². The summed E-state index contributed by atoms with van der Waals surface area (Å²) in [5, 5.41) is 11.6. The van der Waals surface area contributed by atoms with Crippen LogP contribution in [-0.4, -0.2) is 35.8 Å². The first-order chi connectivity index (χ1) is 14.2. The van der Waals surface area contributed by atoms with Gasteiger partial charge in [-0.2, -0.15) is 0 Å². The van der Waals surface area contributed by atoms with Crippen LogP contribution in [0.2, 0.25) is 0 Å². The van der Waals surface area contributed by atoms with Crippen molar-refractivity contribution in [1.29, 1.82) is 0 Å². The first-order valence-electron chi connectivity index (χ1n) is 9.89. The molecule has 1 N–H and O–H groups in total. The number of ether oxygens (including phenoxy) is 1. The summed E-state index contributed by atoms with van der Waals surface area (Å²) in [6, 6.07) is 15.0. The molecule has 150 valence electrons. The fraction of sp³-hybridized carbons (Fsp3) is 0.318. The van der Waals surface area contributed by atoms with Crippen molar-refractivity contribution >= 4 is 17.4 Å². The molecule has 1 amide bonds. The van der Waals surface area contributed by atoms with E-state index in [0.717, 1.165) is 36.6 Å². The van der Waals surface area contributed by atoms with E-state index in [2.05, 4.69) is 20.4 Å². The Morgan fingerprint density at radius 2 is 2.07 bits per heavy atom. The molecule has 7 nitrogen and oxygen atoms in total. The van der Waals surface area contributed by atoms with Gasteiger partial charge in [0.25, 0.3) is 0 Å². The molecule has 1 unspecified atom stereocenters. The number of carbonyl (C=O) groups excluding carboxylic acids is 1. The van der Waals surface area contributed by atoms with E-state index in [0.29, 0.717) is 24.6 Å². The Hall–Kier alpha value is -3.35. The maximum Gasteiger partial charge on any atom is 0.229 e. The number of rotatable bonds is 6. The summed E-state index contributed by atoms with van der Waals surface area (Å²) in [6.45, 7) is 4.05. The Morgan fingerprint density at radius 1 is 1.21 bits per heavy atom. The minimum absolute atomic E-state index is 0.0269. The monoisotopic (exact) mass is 392 g/mol. The molecule has 1 aromatic carbocycles. The van der Waals surface area contributed by atoms with E-state index >= 15 is 0 Å². The Balaban J connectivity index is 1.38. The Morgan fingerprint density at radius 3 is 2.76 bits per heavy atom. The minimum Gasteiger partial charge on any atom is -0.494 e. The van der Waals surface area contributed by atoms with Crippen molar-refractivity contribution in [2.24, 2.45) is 5.92 Å². The van der Waals surface area contributed by atoms with Gasteiger partial charge in [0.15, 0.2) is 11.6 Å². The lowest BCUT2D eigenvalue weighted by Gasteiger charge is -2.32. The van der Waals surface area contributed by atoms with Crippen LogP contribution in [0.1, 0.15) is 19.8 Å². The zero-order chi connectivity index (χ0) is 20.1. The van der Waals surface area contributed by atoms with Gasteiger partial charge in [-0.3, -0.25) is 4.79 Å². The van der Waals surface area contributed by atoms with Crippen LogP contribution in [-0.2, 0) is 4.79 Å².